The largest absolute Gasteiger partial charge is 0.273 e. The Morgan fingerprint density at radius 1 is 1.35 bits per heavy atom. The fraction of sp³-hybridized carbons (Fsp3) is 0.600. The molecule has 3 heterocycles. The first-order valence-corrected chi connectivity index (χ1v) is 7.97. The third-order valence-corrected chi connectivity index (χ3v) is 4.81. The summed E-state index contributed by atoms with van der Waals surface area (Å²) in [6, 6.07) is 2.21. The molecule has 0 N–H and O–H groups in total. The summed E-state index contributed by atoms with van der Waals surface area (Å²) in [6.07, 6.45) is 6.69. The molecule has 1 amide bonds. The van der Waals surface area contributed by atoms with Gasteiger partial charge in [0.15, 0.2) is 0 Å². The van der Waals surface area contributed by atoms with Gasteiger partial charge in [0.25, 0.3) is 0 Å². The van der Waals surface area contributed by atoms with Gasteiger partial charge in [-0.05, 0) is 46.8 Å². The molecular formula is C15H20BrN3O. The lowest BCUT2D eigenvalue weighted by Crippen LogP contribution is -2.45. The number of aromatic nitrogens is 1. The second-order valence-electron chi connectivity index (χ2n) is 6.33. The number of hydrogen-bond acceptors (Lipinski definition) is 3. The smallest absolute Gasteiger partial charge is 0.243 e. The van der Waals surface area contributed by atoms with Crippen LogP contribution >= 0.6 is 15.9 Å². The molecule has 0 radical (unpaired) electrons. The number of fused-ring (bicyclic) bond motifs is 1. The predicted octanol–water partition coefficient (Wildman–Crippen LogP) is 3.15. The highest BCUT2D eigenvalue weighted by Crippen LogP contribution is 2.40. The zero-order chi connectivity index (χ0) is 14.3. The molecule has 0 spiro atoms. The average Bonchev–Trinajstić information content (AvgIpc) is 2.77. The Hall–Kier alpha value is -0.940. The van der Waals surface area contributed by atoms with Crippen LogP contribution in [0.15, 0.2) is 22.9 Å². The fourth-order valence-electron chi connectivity index (χ4n) is 3.23. The molecule has 2 aliphatic rings. The van der Waals surface area contributed by atoms with Gasteiger partial charge in [-0.25, -0.2) is 5.01 Å². The van der Waals surface area contributed by atoms with Gasteiger partial charge in [-0.1, -0.05) is 13.8 Å². The van der Waals surface area contributed by atoms with Crippen LogP contribution in [-0.2, 0) is 4.79 Å². The van der Waals surface area contributed by atoms with Crippen molar-refractivity contribution < 1.29 is 4.79 Å². The van der Waals surface area contributed by atoms with Crippen molar-refractivity contribution in [1.82, 2.24) is 15.0 Å². The van der Waals surface area contributed by atoms with Crippen molar-refractivity contribution >= 4 is 21.8 Å². The van der Waals surface area contributed by atoms with Crippen molar-refractivity contribution in [2.75, 3.05) is 13.1 Å². The molecule has 1 aromatic heterocycles. The minimum atomic E-state index is -0.267. The van der Waals surface area contributed by atoms with Crippen LogP contribution in [0.5, 0.6) is 0 Å². The van der Waals surface area contributed by atoms with Crippen molar-refractivity contribution in [3.8, 4) is 0 Å². The number of halogens is 1. The van der Waals surface area contributed by atoms with Gasteiger partial charge in [-0.2, -0.15) is 0 Å². The van der Waals surface area contributed by atoms with Crippen LogP contribution < -0.4 is 0 Å². The van der Waals surface area contributed by atoms with Gasteiger partial charge in [0.2, 0.25) is 5.91 Å². The van der Waals surface area contributed by atoms with E-state index in [0.717, 1.165) is 42.4 Å². The van der Waals surface area contributed by atoms with Crippen LogP contribution in [-0.4, -0.2) is 34.0 Å². The number of rotatable bonds is 1. The predicted molar refractivity (Wildman–Crippen MR) is 80.7 cm³/mol. The van der Waals surface area contributed by atoms with E-state index in [9.17, 15) is 4.79 Å². The second-order valence-corrected chi connectivity index (χ2v) is 7.25. The molecule has 5 heteroatoms. The van der Waals surface area contributed by atoms with Gasteiger partial charge in [-0.3, -0.25) is 14.8 Å². The standard InChI is InChI=1S/C15H20BrN3O/c1-15(2)5-3-6-18-7-4-13(19(18)14(15)20)11-8-12(16)10-17-9-11/h8-10,13H,3-7H2,1-2H3. The molecule has 2 saturated heterocycles. The molecule has 1 atom stereocenters. The van der Waals surface area contributed by atoms with Crippen LogP contribution in [0, 0.1) is 5.41 Å². The molecule has 0 saturated carbocycles. The highest BCUT2D eigenvalue weighted by molar-refractivity contribution is 9.10. The van der Waals surface area contributed by atoms with E-state index in [4.69, 9.17) is 0 Å². The summed E-state index contributed by atoms with van der Waals surface area (Å²) in [4.78, 5) is 17.1. The van der Waals surface area contributed by atoms with Crippen molar-refractivity contribution in [1.29, 1.82) is 0 Å². The molecule has 4 nitrogen and oxygen atoms in total. The summed E-state index contributed by atoms with van der Waals surface area (Å²) in [5, 5.41) is 4.22. The van der Waals surface area contributed by atoms with Gasteiger partial charge in [0.1, 0.15) is 0 Å². The van der Waals surface area contributed by atoms with Crippen molar-refractivity contribution in [3.63, 3.8) is 0 Å². The summed E-state index contributed by atoms with van der Waals surface area (Å²) in [6.45, 7) is 6.06. The third kappa shape index (κ3) is 2.37. The van der Waals surface area contributed by atoms with E-state index < -0.39 is 0 Å². The summed E-state index contributed by atoms with van der Waals surface area (Å²) < 4.78 is 0.968. The van der Waals surface area contributed by atoms with Gasteiger partial charge < -0.3 is 0 Å². The molecule has 2 aliphatic heterocycles. The summed E-state index contributed by atoms with van der Waals surface area (Å²) in [7, 11) is 0. The van der Waals surface area contributed by atoms with Crippen LogP contribution in [0.3, 0.4) is 0 Å². The fourth-order valence-corrected chi connectivity index (χ4v) is 3.61. The molecular weight excluding hydrogens is 318 g/mol. The molecule has 2 fully saturated rings. The normalized spacial score (nSPS) is 26.4. The van der Waals surface area contributed by atoms with E-state index >= 15 is 0 Å². The highest BCUT2D eigenvalue weighted by atomic mass is 79.9. The van der Waals surface area contributed by atoms with Gasteiger partial charge in [-0.15, -0.1) is 0 Å². The zero-order valence-corrected chi connectivity index (χ0v) is 13.6. The van der Waals surface area contributed by atoms with Crippen LogP contribution in [0.25, 0.3) is 0 Å². The van der Waals surface area contributed by atoms with Crippen molar-refractivity contribution in [2.45, 2.75) is 39.2 Å². The molecule has 20 heavy (non-hydrogen) atoms. The Bertz CT molecular complexity index is 532. The van der Waals surface area contributed by atoms with E-state index in [-0.39, 0.29) is 17.4 Å². The molecule has 108 valence electrons. The molecule has 3 rings (SSSR count). The summed E-state index contributed by atoms with van der Waals surface area (Å²) in [5.74, 6) is 0.248. The van der Waals surface area contributed by atoms with Crippen LogP contribution in [0.1, 0.15) is 44.7 Å². The molecule has 0 aromatic carbocycles. The maximum absolute atomic E-state index is 12.9. The van der Waals surface area contributed by atoms with Crippen LogP contribution in [0.2, 0.25) is 0 Å². The van der Waals surface area contributed by atoms with E-state index in [1.807, 2.05) is 11.2 Å². The van der Waals surface area contributed by atoms with Gasteiger partial charge in [0.05, 0.1) is 6.04 Å². The number of carbonyl (C=O) groups is 1. The Kier molecular flexibility index (Phi) is 3.58. The quantitative estimate of drug-likeness (QED) is 0.789. The maximum Gasteiger partial charge on any atom is 0.243 e. The minimum Gasteiger partial charge on any atom is -0.273 e. The van der Waals surface area contributed by atoms with E-state index in [1.54, 1.807) is 6.20 Å². The lowest BCUT2D eigenvalue weighted by molar-refractivity contribution is -0.154. The second kappa shape index (κ2) is 5.11. The Balaban J connectivity index is 1.96. The van der Waals surface area contributed by atoms with Gasteiger partial charge in [0, 0.05) is 35.4 Å². The van der Waals surface area contributed by atoms with E-state index in [1.165, 1.54) is 0 Å². The number of nitrogens with zero attached hydrogens (tertiary/aromatic N) is 3. The maximum atomic E-state index is 12.9. The molecule has 1 unspecified atom stereocenters. The first-order valence-electron chi connectivity index (χ1n) is 7.18. The number of carbonyl (C=O) groups excluding carboxylic acids is 1. The van der Waals surface area contributed by atoms with E-state index in [2.05, 4.69) is 45.8 Å². The van der Waals surface area contributed by atoms with E-state index in [0.29, 0.717) is 0 Å². The Morgan fingerprint density at radius 2 is 2.15 bits per heavy atom. The Labute approximate surface area is 128 Å². The van der Waals surface area contributed by atoms with Crippen LogP contribution in [0.4, 0.5) is 0 Å². The number of hydrazine groups is 1. The lowest BCUT2D eigenvalue weighted by Gasteiger charge is -2.34. The average molecular weight is 338 g/mol. The third-order valence-electron chi connectivity index (χ3n) is 4.38. The summed E-state index contributed by atoms with van der Waals surface area (Å²) >= 11 is 3.47. The van der Waals surface area contributed by atoms with Crippen molar-refractivity contribution in [2.24, 2.45) is 5.41 Å². The SMILES string of the molecule is CC1(C)CCCN2CCC(c3cncc(Br)c3)N2C1=O. The van der Waals surface area contributed by atoms with Gasteiger partial charge >= 0.3 is 0 Å². The first-order chi connectivity index (χ1) is 9.49. The first kappa shape index (κ1) is 14.0. The summed E-state index contributed by atoms with van der Waals surface area (Å²) in [5.41, 5.74) is 0.851. The molecule has 0 aliphatic carbocycles. The Morgan fingerprint density at radius 3 is 2.90 bits per heavy atom. The monoisotopic (exact) mass is 337 g/mol. The number of amides is 1. The topological polar surface area (TPSA) is 36.4 Å². The number of pyridine rings is 1. The minimum absolute atomic E-state index is 0.130. The highest BCUT2D eigenvalue weighted by Gasteiger charge is 2.44. The molecule has 1 aromatic rings. The van der Waals surface area contributed by atoms with Crippen molar-refractivity contribution in [3.05, 3.63) is 28.5 Å². The zero-order valence-electron chi connectivity index (χ0n) is 12.0. The molecule has 0 bridgehead atoms. The lowest BCUT2D eigenvalue weighted by atomic mass is 9.86. The number of hydrogen-bond donors (Lipinski definition) is 0.